The maximum Gasteiger partial charge on any atom is 0.218 e. The van der Waals surface area contributed by atoms with Gasteiger partial charge in [0.25, 0.3) is 0 Å². The van der Waals surface area contributed by atoms with E-state index >= 15 is 0 Å². The lowest BCUT2D eigenvalue weighted by Gasteiger charge is -2.12. The van der Waals surface area contributed by atoms with E-state index in [1.54, 1.807) is 6.20 Å². The van der Waals surface area contributed by atoms with Gasteiger partial charge in [-0.1, -0.05) is 19.4 Å². The molecule has 0 fully saturated rings. The molecule has 2 N–H and O–H groups in total. The van der Waals surface area contributed by atoms with Gasteiger partial charge in [0.1, 0.15) is 0 Å². The Morgan fingerprint density at radius 3 is 2.87 bits per heavy atom. The van der Waals surface area contributed by atoms with Gasteiger partial charge in [0.05, 0.1) is 13.2 Å². The summed E-state index contributed by atoms with van der Waals surface area (Å²) >= 11 is 1.81. The fourth-order valence-corrected chi connectivity index (χ4v) is 2.07. The quantitative estimate of drug-likeness (QED) is 0.247. The molecular formula is C16H29IN4OS. The summed E-state index contributed by atoms with van der Waals surface area (Å²) in [6.07, 6.45) is 6.01. The van der Waals surface area contributed by atoms with Crippen molar-refractivity contribution in [2.45, 2.75) is 33.2 Å². The van der Waals surface area contributed by atoms with Gasteiger partial charge >= 0.3 is 0 Å². The van der Waals surface area contributed by atoms with Gasteiger partial charge in [-0.25, -0.2) is 9.98 Å². The van der Waals surface area contributed by atoms with E-state index in [1.807, 2.05) is 23.9 Å². The molecule has 1 aromatic heterocycles. The van der Waals surface area contributed by atoms with Crippen LogP contribution in [0.25, 0.3) is 0 Å². The van der Waals surface area contributed by atoms with Crippen molar-refractivity contribution in [1.29, 1.82) is 0 Å². The fraction of sp³-hybridized carbons (Fsp3) is 0.625. The number of aromatic nitrogens is 1. The van der Waals surface area contributed by atoms with Crippen LogP contribution in [0.1, 0.15) is 32.3 Å². The van der Waals surface area contributed by atoms with Crippen molar-refractivity contribution in [2.75, 3.05) is 31.7 Å². The molecule has 7 heteroatoms. The number of aliphatic imine (C=N–C) groups is 1. The van der Waals surface area contributed by atoms with Crippen LogP contribution in [-0.2, 0) is 6.54 Å². The van der Waals surface area contributed by atoms with Gasteiger partial charge in [-0.2, -0.15) is 11.8 Å². The second kappa shape index (κ2) is 14.9. The number of thioether (sulfide) groups is 1. The van der Waals surface area contributed by atoms with E-state index in [0.717, 1.165) is 43.2 Å². The van der Waals surface area contributed by atoms with Crippen LogP contribution in [0.2, 0.25) is 0 Å². The number of ether oxygens (including phenoxy) is 1. The van der Waals surface area contributed by atoms with Crippen molar-refractivity contribution in [2.24, 2.45) is 4.99 Å². The Balaban J connectivity index is 0.00000484. The Bertz CT molecular complexity index is 446. The molecule has 0 unspecified atom stereocenters. The smallest absolute Gasteiger partial charge is 0.218 e. The molecular weight excluding hydrogens is 423 g/mol. The Kier molecular flexibility index (Phi) is 14.4. The Morgan fingerprint density at radius 2 is 2.17 bits per heavy atom. The minimum Gasteiger partial charge on any atom is -0.477 e. The lowest BCUT2D eigenvalue weighted by atomic mass is 10.3. The normalized spacial score (nSPS) is 10.8. The maximum absolute atomic E-state index is 5.74. The minimum atomic E-state index is 0. The number of hydrogen-bond donors (Lipinski definition) is 2. The van der Waals surface area contributed by atoms with E-state index < -0.39 is 0 Å². The van der Waals surface area contributed by atoms with Crippen molar-refractivity contribution in [3.05, 3.63) is 23.9 Å². The number of unbranched alkanes of at least 4 members (excludes halogenated alkanes) is 1. The van der Waals surface area contributed by atoms with Crippen molar-refractivity contribution in [1.82, 2.24) is 15.6 Å². The van der Waals surface area contributed by atoms with Gasteiger partial charge in [0.15, 0.2) is 5.96 Å². The van der Waals surface area contributed by atoms with Crippen LogP contribution in [0, 0.1) is 0 Å². The van der Waals surface area contributed by atoms with Crippen LogP contribution >= 0.6 is 35.7 Å². The van der Waals surface area contributed by atoms with Crippen molar-refractivity contribution >= 4 is 41.7 Å². The second-order valence-electron chi connectivity index (χ2n) is 4.78. The van der Waals surface area contributed by atoms with E-state index in [4.69, 9.17) is 4.74 Å². The summed E-state index contributed by atoms with van der Waals surface area (Å²) in [6, 6.07) is 3.94. The molecule has 0 radical (unpaired) electrons. The van der Waals surface area contributed by atoms with E-state index in [9.17, 15) is 0 Å². The summed E-state index contributed by atoms with van der Waals surface area (Å²) in [4.78, 5) is 8.92. The second-order valence-corrected chi connectivity index (χ2v) is 5.77. The number of hydrogen-bond acceptors (Lipinski definition) is 4. The largest absolute Gasteiger partial charge is 0.477 e. The van der Waals surface area contributed by atoms with Gasteiger partial charge in [-0.15, -0.1) is 24.0 Å². The molecule has 5 nitrogen and oxygen atoms in total. The summed E-state index contributed by atoms with van der Waals surface area (Å²) in [7, 11) is 0. The molecule has 0 spiro atoms. The standard InChI is InChI=1S/C16H28N4OS.HI/c1-4-6-11-21-15-14(8-7-9-18-15)13-20-16(17-5-2)19-10-12-22-3;/h7-9H,4-6,10-13H2,1-3H3,(H2,17,19,20);1H. The zero-order valence-corrected chi connectivity index (χ0v) is 17.4. The first-order valence-electron chi connectivity index (χ1n) is 7.89. The number of pyridine rings is 1. The number of nitrogens with one attached hydrogen (secondary N) is 2. The summed E-state index contributed by atoms with van der Waals surface area (Å²) in [5.74, 6) is 2.59. The van der Waals surface area contributed by atoms with Crippen LogP contribution < -0.4 is 15.4 Å². The van der Waals surface area contributed by atoms with Gasteiger partial charge in [-0.3, -0.25) is 0 Å². The molecule has 0 saturated heterocycles. The number of rotatable bonds is 10. The highest BCUT2D eigenvalue weighted by molar-refractivity contribution is 14.0. The molecule has 0 bridgehead atoms. The predicted octanol–water partition coefficient (Wildman–Crippen LogP) is 3.30. The van der Waals surface area contributed by atoms with Crippen LogP contribution in [0.5, 0.6) is 5.88 Å². The van der Waals surface area contributed by atoms with Crippen LogP contribution in [-0.4, -0.2) is 42.6 Å². The number of nitrogens with zero attached hydrogens (tertiary/aromatic N) is 2. The zero-order chi connectivity index (χ0) is 16.0. The van der Waals surface area contributed by atoms with Gasteiger partial charge < -0.3 is 15.4 Å². The third kappa shape index (κ3) is 9.91. The molecule has 1 rings (SSSR count). The molecule has 132 valence electrons. The fourth-order valence-electron chi connectivity index (χ4n) is 1.77. The lowest BCUT2D eigenvalue weighted by molar-refractivity contribution is 0.294. The number of halogens is 1. The summed E-state index contributed by atoms with van der Waals surface area (Å²) in [6.45, 7) is 7.23. The van der Waals surface area contributed by atoms with Crippen LogP contribution in [0.3, 0.4) is 0 Å². The Hall–Kier alpha value is -0.700. The van der Waals surface area contributed by atoms with Gasteiger partial charge in [-0.05, 0) is 25.7 Å². The number of guanidine groups is 1. The maximum atomic E-state index is 5.74. The van der Waals surface area contributed by atoms with E-state index in [1.165, 1.54) is 0 Å². The van der Waals surface area contributed by atoms with Gasteiger partial charge in [0.2, 0.25) is 5.88 Å². The first-order valence-corrected chi connectivity index (χ1v) is 9.29. The van der Waals surface area contributed by atoms with E-state index in [0.29, 0.717) is 19.0 Å². The first-order chi connectivity index (χ1) is 10.8. The third-order valence-corrected chi connectivity index (χ3v) is 3.55. The molecule has 0 aliphatic rings. The molecule has 23 heavy (non-hydrogen) atoms. The van der Waals surface area contributed by atoms with Crippen LogP contribution in [0.15, 0.2) is 23.3 Å². The van der Waals surface area contributed by atoms with Gasteiger partial charge in [0, 0.05) is 30.6 Å². The highest BCUT2D eigenvalue weighted by atomic mass is 127. The third-order valence-electron chi connectivity index (χ3n) is 2.94. The molecule has 0 aliphatic heterocycles. The van der Waals surface area contributed by atoms with E-state index in [-0.39, 0.29) is 24.0 Å². The molecule has 1 aromatic rings. The summed E-state index contributed by atoms with van der Waals surface area (Å²) in [5.41, 5.74) is 1.01. The van der Waals surface area contributed by atoms with Crippen molar-refractivity contribution in [3.8, 4) is 5.88 Å². The highest BCUT2D eigenvalue weighted by Gasteiger charge is 2.05. The zero-order valence-electron chi connectivity index (χ0n) is 14.3. The van der Waals surface area contributed by atoms with Crippen LogP contribution in [0.4, 0.5) is 0 Å². The average Bonchev–Trinajstić information content (AvgIpc) is 2.54. The molecule has 0 saturated carbocycles. The Labute approximate surface area is 161 Å². The topological polar surface area (TPSA) is 58.5 Å². The van der Waals surface area contributed by atoms with Crippen molar-refractivity contribution < 1.29 is 4.74 Å². The monoisotopic (exact) mass is 452 g/mol. The van der Waals surface area contributed by atoms with Crippen molar-refractivity contribution in [3.63, 3.8) is 0 Å². The average molecular weight is 452 g/mol. The predicted molar refractivity (Wildman–Crippen MR) is 111 cm³/mol. The Morgan fingerprint density at radius 1 is 1.35 bits per heavy atom. The first kappa shape index (κ1) is 22.3. The van der Waals surface area contributed by atoms with E-state index in [2.05, 4.69) is 40.7 Å². The molecule has 0 amide bonds. The summed E-state index contributed by atoms with van der Waals surface area (Å²) in [5, 5.41) is 6.57. The summed E-state index contributed by atoms with van der Waals surface area (Å²) < 4.78 is 5.74. The molecule has 1 heterocycles. The molecule has 0 aliphatic carbocycles. The molecule has 0 aromatic carbocycles. The minimum absolute atomic E-state index is 0. The molecule has 0 atom stereocenters. The highest BCUT2D eigenvalue weighted by Crippen LogP contribution is 2.15. The SMILES string of the molecule is CCCCOc1ncccc1CN=C(NCC)NCCSC.I. The lowest BCUT2D eigenvalue weighted by Crippen LogP contribution is -2.38.